The van der Waals surface area contributed by atoms with Crippen molar-refractivity contribution in [2.24, 2.45) is 0 Å². The van der Waals surface area contributed by atoms with Crippen LogP contribution in [0.15, 0.2) is 46.9 Å². The molecule has 0 heterocycles. The fourth-order valence-corrected chi connectivity index (χ4v) is 1.93. The number of ether oxygens (including phenoxy) is 1. The number of rotatable bonds is 2. The van der Waals surface area contributed by atoms with Gasteiger partial charge in [0.25, 0.3) is 0 Å². The van der Waals surface area contributed by atoms with E-state index in [0.29, 0.717) is 5.56 Å². The average molecular weight is 288 g/mol. The van der Waals surface area contributed by atoms with Gasteiger partial charge in [0.05, 0.1) is 11.6 Å². The molecule has 0 N–H and O–H groups in total. The molecule has 17 heavy (non-hydrogen) atoms. The molecule has 0 saturated heterocycles. The van der Waals surface area contributed by atoms with Gasteiger partial charge in [0.2, 0.25) is 0 Å². The highest BCUT2D eigenvalue weighted by molar-refractivity contribution is 9.10. The summed E-state index contributed by atoms with van der Waals surface area (Å²) in [7, 11) is 0. The molecule has 2 rings (SSSR count). The molecule has 0 amide bonds. The zero-order valence-electron chi connectivity index (χ0n) is 9.27. The van der Waals surface area contributed by atoms with Crippen molar-refractivity contribution in [3.63, 3.8) is 0 Å². The van der Waals surface area contributed by atoms with Crippen LogP contribution in [0.2, 0.25) is 0 Å². The second-order valence-electron chi connectivity index (χ2n) is 3.65. The van der Waals surface area contributed by atoms with Gasteiger partial charge in [-0.15, -0.1) is 0 Å². The minimum absolute atomic E-state index is 0.630. The van der Waals surface area contributed by atoms with Gasteiger partial charge < -0.3 is 4.74 Å². The number of hydrogen-bond donors (Lipinski definition) is 0. The standard InChI is InChI=1S/C14H10BrNO/c1-10-8-12(15)4-7-14(10)17-13-5-2-11(9-16)3-6-13/h2-8H,1H3. The van der Waals surface area contributed by atoms with Gasteiger partial charge in [-0.25, -0.2) is 0 Å². The summed E-state index contributed by atoms with van der Waals surface area (Å²) in [6.45, 7) is 1.99. The first kappa shape index (κ1) is 11.7. The highest BCUT2D eigenvalue weighted by Crippen LogP contribution is 2.27. The Labute approximate surface area is 109 Å². The fourth-order valence-electron chi connectivity index (χ4n) is 1.45. The molecule has 3 heteroatoms. The SMILES string of the molecule is Cc1cc(Br)ccc1Oc1ccc(C#N)cc1. The number of nitrogens with zero attached hydrogens (tertiary/aromatic N) is 1. The summed E-state index contributed by atoms with van der Waals surface area (Å²) < 4.78 is 6.76. The molecule has 2 aromatic rings. The van der Waals surface area contributed by atoms with Crippen LogP contribution in [0.1, 0.15) is 11.1 Å². The average Bonchev–Trinajstić information content (AvgIpc) is 2.34. The van der Waals surface area contributed by atoms with Gasteiger partial charge in [0.1, 0.15) is 11.5 Å². The lowest BCUT2D eigenvalue weighted by Gasteiger charge is -2.08. The van der Waals surface area contributed by atoms with Crippen LogP contribution in [-0.2, 0) is 0 Å². The first-order valence-corrected chi connectivity index (χ1v) is 5.92. The Bertz CT molecular complexity index is 570. The van der Waals surface area contributed by atoms with Gasteiger partial charge in [0.15, 0.2) is 0 Å². The van der Waals surface area contributed by atoms with Crippen LogP contribution in [0.25, 0.3) is 0 Å². The van der Waals surface area contributed by atoms with Crippen LogP contribution in [0, 0.1) is 18.3 Å². The highest BCUT2D eigenvalue weighted by atomic mass is 79.9. The smallest absolute Gasteiger partial charge is 0.130 e. The molecule has 0 aliphatic rings. The van der Waals surface area contributed by atoms with Gasteiger partial charge >= 0.3 is 0 Å². The third kappa shape index (κ3) is 2.86. The van der Waals surface area contributed by atoms with E-state index in [1.54, 1.807) is 24.3 Å². The molecule has 0 spiro atoms. The lowest BCUT2D eigenvalue weighted by molar-refractivity contribution is 0.479. The van der Waals surface area contributed by atoms with E-state index in [1.165, 1.54) is 0 Å². The van der Waals surface area contributed by atoms with Crippen molar-refractivity contribution in [3.05, 3.63) is 58.1 Å². The maximum atomic E-state index is 8.70. The second-order valence-corrected chi connectivity index (χ2v) is 4.56. The lowest BCUT2D eigenvalue weighted by atomic mass is 10.2. The Hall–Kier alpha value is -1.79. The summed E-state index contributed by atoms with van der Waals surface area (Å²) in [5, 5.41) is 8.70. The molecule has 0 saturated carbocycles. The van der Waals surface area contributed by atoms with Crippen molar-refractivity contribution >= 4 is 15.9 Å². The Morgan fingerprint density at radius 2 is 1.82 bits per heavy atom. The summed E-state index contributed by atoms with van der Waals surface area (Å²) in [5.74, 6) is 1.55. The van der Waals surface area contributed by atoms with Crippen LogP contribution >= 0.6 is 15.9 Å². The quantitative estimate of drug-likeness (QED) is 0.819. The third-order valence-electron chi connectivity index (χ3n) is 2.35. The van der Waals surface area contributed by atoms with Crippen LogP contribution in [0.4, 0.5) is 0 Å². The predicted molar refractivity (Wildman–Crippen MR) is 70.1 cm³/mol. The van der Waals surface area contributed by atoms with Crippen molar-refractivity contribution in [1.82, 2.24) is 0 Å². The summed E-state index contributed by atoms with van der Waals surface area (Å²) >= 11 is 3.41. The summed E-state index contributed by atoms with van der Waals surface area (Å²) in [6, 6.07) is 15.0. The van der Waals surface area contributed by atoms with Crippen LogP contribution < -0.4 is 4.74 Å². The van der Waals surface area contributed by atoms with Crippen molar-refractivity contribution in [2.45, 2.75) is 6.92 Å². The largest absolute Gasteiger partial charge is 0.457 e. The summed E-state index contributed by atoms with van der Waals surface area (Å²) in [5.41, 5.74) is 1.69. The van der Waals surface area contributed by atoms with Crippen LogP contribution in [0.3, 0.4) is 0 Å². The Morgan fingerprint density at radius 3 is 2.41 bits per heavy atom. The number of nitriles is 1. The van der Waals surface area contributed by atoms with Gasteiger partial charge in [-0.05, 0) is 55.0 Å². The van der Waals surface area contributed by atoms with E-state index in [9.17, 15) is 0 Å². The highest BCUT2D eigenvalue weighted by Gasteiger charge is 2.02. The van der Waals surface area contributed by atoms with E-state index in [4.69, 9.17) is 10.00 Å². The Kier molecular flexibility index (Phi) is 3.46. The monoisotopic (exact) mass is 287 g/mol. The van der Waals surface area contributed by atoms with E-state index < -0.39 is 0 Å². The number of halogens is 1. The van der Waals surface area contributed by atoms with Crippen LogP contribution in [-0.4, -0.2) is 0 Å². The van der Waals surface area contributed by atoms with Crippen molar-refractivity contribution < 1.29 is 4.74 Å². The Morgan fingerprint density at radius 1 is 1.12 bits per heavy atom. The molecule has 0 aromatic heterocycles. The molecule has 0 atom stereocenters. The molecule has 0 aliphatic carbocycles. The molecule has 84 valence electrons. The van der Waals surface area contributed by atoms with E-state index in [0.717, 1.165) is 21.5 Å². The minimum Gasteiger partial charge on any atom is -0.457 e. The fraction of sp³-hybridized carbons (Fsp3) is 0.0714. The molecule has 0 unspecified atom stereocenters. The molecule has 2 nitrogen and oxygen atoms in total. The van der Waals surface area contributed by atoms with Crippen molar-refractivity contribution in [2.75, 3.05) is 0 Å². The lowest BCUT2D eigenvalue weighted by Crippen LogP contribution is -1.87. The van der Waals surface area contributed by atoms with Crippen LogP contribution in [0.5, 0.6) is 11.5 Å². The molecular weight excluding hydrogens is 278 g/mol. The van der Waals surface area contributed by atoms with Crippen molar-refractivity contribution in [1.29, 1.82) is 5.26 Å². The van der Waals surface area contributed by atoms with E-state index in [1.807, 2.05) is 25.1 Å². The topological polar surface area (TPSA) is 33.0 Å². The predicted octanol–water partition coefficient (Wildman–Crippen LogP) is 4.42. The third-order valence-corrected chi connectivity index (χ3v) is 2.84. The first-order chi connectivity index (χ1) is 8.19. The van der Waals surface area contributed by atoms with Gasteiger partial charge in [-0.3, -0.25) is 0 Å². The molecular formula is C14H10BrNO. The summed E-state index contributed by atoms with van der Waals surface area (Å²) in [4.78, 5) is 0. The van der Waals surface area contributed by atoms with Gasteiger partial charge in [0, 0.05) is 4.47 Å². The Balaban J connectivity index is 2.23. The first-order valence-electron chi connectivity index (χ1n) is 5.13. The van der Waals surface area contributed by atoms with Gasteiger partial charge in [-0.2, -0.15) is 5.26 Å². The number of hydrogen-bond acceptors (Lipinski definition) is 2. The molecule has 0 radical (unpaired) electrons. The molecule has 0 aliphatic heterocycles. The van der Waals surface area contributed by atoms with E-state index in [2.05, 4.69) is 22.0 Å². The number of aryl methyl sites for hydroxylation is 1. The molecule has 0 fully saturated rings. The molecule has 2 aromatic carbocycles. The maximum absolute atomic E-state index is 8.70. The van der Waals surface area contributed by atoms with E-state index in [-0.39, 0.29) is 0 Å². The summed E-state index contributed by atoms with van der Waals surface area (Å²) in [6.07, 6.45) is 0. The van der Waals surface area contributed by atoms with Crippen molar-refractivity contribution in [3.8, 4) is 17.6 Å². The van der Waals surface area contributed by atoms with E-state index >= 15 is 0 Å². The maximum Gasteiger partial charge on any atom is 0.130 e. The zero-order chi connectivity index (χ0) is 12.3. The molecule has 0 bridgehead atoms. The number of benzene rings is 2. The second kappa shape index (κ2) is 5.03. The minimum atomic E-state index is 0.630. The zero-order valence-corrected chi connectivity index (χ0v) is 10.9. The van der Waals surface area contributed by atoms with Gasteiger partial charge in [-0.1, -0.05) is 15.9 Å². The normalized spacial score (nSPS) is 9.71.